The number of carbonyl (C=O) groups is 1. The summed E-state index contributed by atoms with van der Waals surface area (Å²) >= 11 is 0. The van der Waals surface area contributed by atoms with Crippen molar-refractivity contribution in [3.8, 4) is 0 Å². The molecule has 0 aromatic carbocycles. The number of hydrogen-bond acceptors (Lipinski definition) is 5. The van der Waals surface area contributed by atoms with Gasteiger partial charge in [-0.3, -0.25) is 9.69 Å². The highest BCUT2D eigenvalue weighted by molar-refractivity contribution is 5.77. The van der Waals surface area contributed by atoms with E-state index in [1.807, 2.05) is 25.8 Å². The summed E-state index contributed by atoms with van der Waals surface area (Å²) in [6, 6.07) is 0. The molecule has 1 aromatic heterocycles. The summed E-state index contributed by atoms with van der Waals surface area (Å²) in [7, 11) is 1.91. The first-order valence-electron chi connectivity index (χ1n) is 7.85. The fraction of sp³-hybridized carbons (Fsp3) is 0.750. The molecule has 0 saturated heterocycles. The first kappa shape index (κ1) is 18.6. The molecule has 1 rings (SSSR count). The highest BCUT2D eigenvalue weighted by Gasteiger charge is 2.13. The van der Waals surface area contributed by atoms with E-state index in [2.05, 4.69) is 24.3 Å². The fourth-order valence-electron chi connectivity index (χ4n) is 2.04. The topological polar surface area (TPSA) is 67.6 Å². The van der Waals surface area contributed by atoms with E-state index in [1.165, 1.54) is 0 Å². The van der Waals surface area contributed by atoms with Gasteiger partial charge in [-0.25, -0.2) is 0 Å². The first-order chi connectivity index (χ1) is 10.4. The molecule has 0 radical (unpaired) electrons. The molecule has 0 aliphatic heterocycles. The minimum Gasteiger partial charge on any atom is -0.380 e. The van der Waals surface area contributed by atoms with E-state index in [1.54, 1.807) is 0 Å². The summed E-state index contributed by atoms with van der Waals surface area (Å²) < 4.78 is 10.6. The average Bonchev–Trinajstić information content (AvgIpc) is 2.74. The minimum absolute atomic E-state index is 0.00159. The summed E-state index contributed by atoms with van der Waals surface area (Å²) in [4.78, 5) is 13.8. The zero-order valence-electron chi connectivity index (χ0n) is 14.4. The number of rotatable bonds is 10. The third kappa shape index (κ3) is 7.04. The summed E-state index contributed by atoms with van der Waals surface area (Å²) in [5.41, 5.74) is 1.93. The number of ether oxygens (including phenoxy) is 1. The molecule has 1 heterocycles. The largest absolute Gasteiger partial charge is 0.380 e. The van der Waals surface area contributed by atoms with Crippen LogP contribution in [0.5, 0.6) is 0 Å². The van der Waals surface area contributed by atoms with E-state index < -0.39 is 0 Å². The maximum Gasteiger partial charge on any atom is 0.234 e. The van der Waals surface area contributed by atoms with Gasteiger partial charge in [0.1, 0.15) is 5.76 Å². The SMILES string of the molecule is Cc1noc(C)c1CN(C)CC(=O)NCCOCCC(C)C. The Morgan fingerprint density at radius 2 is 2.09 bits per heavy atom. The Morgan fingerprint density at radius 1 is 1.36 bits per heavy atom. The maximum absolute atomic E-state index is 11.8. The van der Waals surface area contributed by atoms with Gasteiger partial charge in [0.2, 0.25) is 5.91 Å². The molecule has 0 aliphatic carbocycles. The molecule has 1 N–H and O–H groups in total. The highest BCUT2D eigenvalue weighted by Crippen LogP contribution is 2.13. The normalized spacial score (nSPS) is 11.4. The number of likely N-dealkylation sites (N-methyl/N-ethyl adjacent to an activating group) is 1. The summed E-state index contributed by atoms with van der Waals surface area (Å²) in [5, 5.41) is 6.79. The Morgan fingerprint density at radius 3 is 2.68 bits per heavy atom. The molecule has 6 heteroatoms. The number of amides is 1. The van der Waals surface area contributed by atoms with Crippen molar-refractivity contribution in [3.05, 3.63) is 17.0 Å². The van der Waals surface area contributed by atoms with Crippen LogP contribution in [0.1, 0.15) is 37.3 Å². The molecule has 0 spiro atoms. The third-order valence-electron chi connectivity index (χ3n) is 3.43. The van der Waals surface area contributed by atoms with E-state index >= 15 is 0 Å². The van der Waals surface area contributed by atoms with Gasteiger partial charge < -0.3 is 14.6 Å². The van der Waals surface area contributed by atoms with Gasteiger partial charge in [-0.1, -0.05) is 19.0 Å². The fourth-order valence-corrected chi connectivity index (χ4v) is 2.04. The molecule has 1 aromatic rings. The van der Waals surface area contributed by atoms with E-state index in [-0.39, 0.29) is 5.91 Å². The van der Waals surface area contributed by atoms with Crippen LogP contribution in [0.15, 0.2) is 4.52 Å². The van der Waals surface area contributed by atoms with Crippen LogP contribution >= 0.6 is 0 Å². The Bertz CT molecular complexity index is 438. The Hall–Kier alpha value is -1.40. The molecule has 0 aliphatic rings. The van der Waals surface area contributed by atoms with Crippen molar-refractivity contribution in [2.75, 3.05) is 33.4 Å². The molecular formula is C16H29N3O3. The standard InChI is InChI=1S/C16H29N3O3/c1-12(2)6-8-21-9-7-17-16(20)11-19(5)10-15-13(3)18-22-14(15)4/h12H,6-11H2,1-5H3,(H,17,20). The predicted octanol–water partition coefficient (Wildman–Crippen LogP) is 1.90. The zero-order valence-corrected chi connectivity index (χ0v) is 14.4. The predicted molar refractivity (Wildman–Crippen MR) is 85.6 cm³/mol. The lowest BCUT2D eigenvalue weighted by Gasteiger charge is -2.16. The molecular weight excluding hydrogens is 282 g/mol. The van der Waals surface area contributed by atoms with Gasteiger partial charge in [0, 0.05) is 25.3 Å². The van der Waals surface area contributed by atoms with Crippen molar-refractivity contribution in [3.63, 3.8) is 0 Å². The number of carbonyl (C=O) groups excluding carboxylic acids is 1. The van der Waals surface area contributed by atoms with Crippen LogP contribution in [0.2, 0.25) is 0 Å². The van der Waals surface area contributed by atoms with Crippen molar-refractivity contribution >= 4 is 5.91 Å². The second-order valence-electron chi connectivity index (χ2n) is 6.12. The van der Waals surface area contributed by atoms with Crippen LogP contribution in [0.25, 0.3) is 0 Å². The average molecular weight is 311 g/mol. The van der Waals surface area contributed by atoms with Gasteiger partial charge in [0.05, 0.1) is 18.8 Å². The van der Waals surface area contributed by atoms with Crippen molar-refractivity contribution in [1.82, 2.24) is 15.4 Å². The lowest BCUT2D eigenvalue weighted by atomic mass is 10.1. The molecule has 0 saturated carbocycles. The molecule has 6 nitrogen and oxygen atoms in total. The van der Waals surface area contributed by atoms with Gasteiger partial charge in [-0.05, 0) is 33.2 Å². The van der Waals surface area contributed by atoms with Gasteiger partial charge >= 0.3 is 0 Å². The van der Waals surface area contributed by atoms with Crippen LogP contribution in [0.4, 0.5) is 0 Å². The van der Waals surface area contributed by atoms with Crippen molar-refractivity contribution in [2.24, 2.45) is 5.92 Å². The maximum atomic E-state index is 11.8. The lowest BCUT2D eigenvalue weighted by Crippen LogP contribution is -2.36. The molecule has 1 amide bonds. The Labute approximate surface area is 133 Å². The van der Waals surface area contributed by atoms with Crippen molar-refractivity contribution in [1.29, 1.82) is 0 Å². The number of aromatic nitrogens is 1. The van der Waals surface area contributed by atoms with Crippen LogP contribution in [0.3, 0.4) is 0 Å². The second-order valence-corrected chi connectivity index (χ2v) is 6.12. The molecule has 0 atom stereocenters. The quantitative estimate of drug-likeness (QED) is 0.669. The van der Waals surface area contributed by atoms with Gasteiger partial charge in [0.15, 0.2) is 0 Å². The summed E-state index contributed by atoms with van der Waals surface area (Å²) in [5.74, 6) is 1.46. The summed E-state index contributed by atoms with van der Waals surface area (Å²) in [6.07, 6.45) is 1.05. The Kier molecular flexibility index (Phi) is 8.12. The summed E-state index contributed by atoms with van der Waals surface area (Å²) in [6.45, 7) is 11.0. The molecule has 22 heavy (non-hydrogen) atoms. The molecule has 0 fully saturated rings. The first-order valence-corrected chi connectivity index (χ1v) is 7.85. The monoisotopic (exact) mass is 311 g/mol. The van der Waals surface area contributed by atoms with Crippen molar-refractivity contribution in [2.45, 2.75) is 40.7 Å². The van der Waals surface area contributed by atoms with E-state index in [0.717, 1.165) is 30.0 Å². The number of nitrogens with one attached hydrogen (secondary N) is 1. The molecule has 126 valence electrons. The highest BCUT2D eigenvalue weighted by atomic mass is 16.5. The van der Waals surface area contributed by atoms with Crippen molar-refractivity contribution < 1.29 is 14.1 Å². The van der Waals surface area contributed by atoms with Crippen LogP contribution < -0.4 is 5.32 Å². The number of aryl methyl sites for hydroxylation is 2. The minimum atomic E-state index is 0.00159. The Balaban J connectivity index is 2.16. The molecule has 0 unspecified atom stereocenters. The lowest BCUT2D eigenvalue weighted by molar-refractivity contribution is -0.122. The van der Waals surface area contributed by atoms with Crippen LogP contribution in [0, 0.1) is 19.8 Å². The van der Waals surface area contributed by atoms with Gasteiger partial charge in [0.25, 0.3) is 0 Å². The van der Waals surface area contributed by atoms with Gasteiger partial charge in [-0.2, -0.15) is 0 Å². The van der Waals surface area contributed by atoms with Crippen LogP contribution in [-0.2, 0) is 16.1 Å². The second kappa shape index (κ2) is 9.58. The van der Waals surface area contributed by atoms with Gasteiger partial charge in [-0.15, -0.1) is 0 Å². The number of nitrogens with zero attached hydrogens (tertiary/aromatic N) is 2. The van der Waals surface area contributed by atoms with Crippen LogP contribution in [-0.4, -0.2) is 49.3 Å². The van der Waals surface area contributed by atoms with E-state index in [9.17, 15) is 4.79 Å². The number of hydrogen-bond donors (Lipinski definition) is 1. The smallest absolute Gasteiger partial charge is 0.234 e. The van der Waals surface area contributed by atoms with E-state index in [0.29, 0.717) is 32.2 Å². The molecule has 0 bridgehead atoms. The van der Waals surface area contributed by atoms with E-state index in [4.69, 9.17) is 9.26 Å². The zero-order chi connectivity index (χ0) is 16.5. The third-order valence-corrected chi connectivity index (χ3v) is 3.43.